The second-order valence-corrected chi connectivity index (χ2v) is 13.4. The third-order valence-electron chi connectivity index (χ3n) is 8.92. The van der Waals surface area contributed by atoms with Gasteiger partial charge in [-0.2, -0.15) is 0 Å². The fourth-order valence-electron chi connectivity index (χ4n) is 6.46. The van der Waals surface area contributed by atoms with Crippen LogP contribution < -0.4 is 10.6 Å². The Labute approximate surface area is 273 Å². The highest BCUT2D eigenvalue weighted by molar-refractivity contribution is 7.13. The standard InChI is InChI=1S/C37H40FN5O2S/c1-24(31-22-39-32-8-5-4-7-29(31)32)35(41-37(45)43-18-16-27(17-19-43)26-11-13-28(38)14-12-26)36(44)40-33-21-25(23-42(2)3)10-15-30(33)34-9-6-20-46-34/h4-15,20-22,24,27,35,39H,16-19,23H2,1-3H3,(H,40,44)(H,41,45)/t24-,35-/m1/s1. The highest BCUT2D eigenvalue weighted by Gasteiger charge is 2.33. The summed E-state index contributed by atoms with van der Waals surface area (Å²) in [6.07, 6.45) is 3.48. The second-order valence-electron chi connectivity index (χ2n) is 12.4. The number of carbonyl (C=O) groups excluding carboxylic acids is 2. The van der Waals surface area contributed by atoms with E-state index in [0.29, 0.717) is 13.1 Å². The number of benzene rings is 3. The van der Waals surface area contributed by atoms with E-state index in [-0.39, 0.29) is 29.6 Å². The number of carbonyl (C=O) groups is 2. The molecule has 0 saturated carbocycles. The van der Waals surface area contributed by atoms with E-state index < -0.39 is 6.04 Å². The lowest BCUT2D eigenvalue weighted by Gasteiger charge is -2.34. The van der Waals surface area contributed by atoms with Crippen LogP contribution in [0.3, 0.4) is 0 Å². The summed E-state index contributed by atoms with van der Waals surface area (Å²) in [6, 6.07) is 23.8. The Morgan fingerprint density at radius 1 is 1.02 bits per heavy atom. The van der Waals surface area contributed by atoms with E-state index in [9.17, 15) is 14.0 Å². The number of aromatic amines is 1. The van der Waals surface area contributed by atoms with Gasteiger partial charge in [-0.1, -0.05) is 55.5 Å². The highest BCUT2D eigenvalue weighted by Crippen LogP contribution is 2.34. The molecule has 238 valence electrons. The van der Waals surface area contributed by atoms with Crippen molar-refractivity contribution in [2.45, 2.75) is 44.2 Å². The summed E-state index contributed by atoms with van der Waals surface area (Å²) in [5.41, 5.74) is 5.77. The largest absolute Gasteiger partial charge is 0.361 e. The smallest absolute Gasteiger partial charge is 0.318 e. The van der Waals surface area contributed by atoms with Crippen LogP contribution in [-0.4, -0.2) is 59.9 Å². The second kappa shape index (κ2) is 13.9. The molecular formula is C37H40FN5O2S. The van der Waals surface area contributed by atoms with Crippen molar-refractivity contribution in [1.29, 1.82) is 0 Å². The molecule has 2 aromatic heterocycles. The number of aromatic nitrogens is 1. The van der Waals surface area contributed by atoms with Crippen molar-refractivity contribution in [1.82, 2.24) is 20.1 Å². The van der Waals surface area contributed by atoms with Gasteiger partial charge < -0.3 is 25.4 Å². The van der Waals surface area contributed by atoms with Gasteiger partial charge in [0, 0.05) is 58.8 Å². The molecule has 3 N–H and O–H groups in total. The first kappa shape index (κ1) is 31.5. The van der Waals surface area contributed by atoms with E-state index in [1.54, 1.807) is 16.2 Å². The van der Waals surface area contributed by atoms with Crippen LogP contribution >= 0.6 is 11.3 Å². The molecule has 1 saturated heterocycles. The van der Waals surface area contributed by atoms with Gasteiger partial charge in [-0.25, -0.2) is 9.18 Å². The summed E-state index contributed by atoms with van der Waals surface area (Å²) in [5.74, 6) is -0.584. The normalized spacial score (nSPS) is 15.2. The lowest BCUT2D eigenvalue weighted by Crippen LogP contribution is -2.53. The number of nitrogens with one attached hydrogen (secondary N) is 3. The molecule has 1 fully saturated rings. The monoisotopic (exact) mass is 637 g/mol. The zero-order chi connectivity index (χ0) is 32.2. The number of nitrogens with zero attached hydrogens (tertiary/aromatic N) is 2. The molecule has 0 bridgehead atoms. The van der Waals surface area contributed by atoms with E-state index in [1.165, 1.54) is 12.1 Å². The van der Waals surface area contributed by atoms with E-state index in [0.717, 1.165) is 63.1 Å². The average molecular weight is 638 g/mol. The Bertz CT molecular complexity index is 1790. The maximum atomic E-state index is 14.3. The third kappa shape index (κ3) is 7.00. The molecule has 3 aromatic carbocycles. The number of rotatable bonds is 9. The molecule has 5 aromatic rings. The summed E-state index contributed by atoms with van der Waals surface area (Å²) in [5, 5.41) is 9.39. The van der Waals surface area contributed by atoms with Gasteiger partial charge in [-0.15, -0.1) is 11.3 Å². The van der Waals surface area contributed by atoms with Crippen LogP contribution in [0, 0.1) is 5.82 Å². The van der Waals surface area contributed by atoms with E-state index in [2.05, 4.69) is 32.7 Å². The van der Waals surface area contributed by atoms with Crippen molar-refractivity contribution >= 4 is 39.9 Å². The van der Waals surface area contributed by atoms with Gasteiger partial charge in [-0.3, -0.25) is 4.79 Å². The summed E-state index contributed by atoms with van der Waals surface area (Å²) in [4.78, 5) is 36.4. The first-order chi connectivity index (χ1) is 22.3. The molecule has 7 nitrogen and oxygen atoms in total. The Balaban J connectivity index is 1.26. The number of urea groups is 1. The number of likely N-dealkylation sites (tertiary alicyclic amines) is 1. The number of anilines is 1. The third-order valence-corrected chi connectivity index (χ3v) is 9.83. The molecule has 3 amide bonds. The van der Waals surface area contributed by atoms with Crippen LogP contribution in [-0.2, 0) is 11.3 Å². The van der Waals surface area contributed by atoms with Gasteiger partial charge in [0.25, 0.3) is 0 Å². The Morgan fingerprint density at radius 2 is 1.78 bits per heavy atom. The van der Waals surface area contributed by atoms with E-state index in [4.69, 9.17) is 0 Å². The Hall–Kier alpha value is -4.47. The van der Waals surface area contributed by atoms with E-state index in [1.807, 2.05) is 87.2 Å². The molecule has 1 aliphatic heterocycles. The van der Waals surface area contributed by atoms with Crippen molar-refractivity contribution < 1.29 is 14.0 Å². The van der Waals surface area contributed by atoms with Crippen LogP contribution in [0.2, 0.25) is 0 Å². The minimum absolute atomic E-state index is 0.249. The van der Waals surface area contributed by atoms with Crippen LogP contribution in [0.1, 0.15) is 48.3 Å². The number of H-pyrrole nitrogens is 1. The van der Waals surface area contributed by atoms with Crippen molar-refractivity contribution in [2.75, 3.05) is 32.5 Å². The number of hydrogen-bond donors (Lipinski definition) is 3. The van der Waals surface area contributed by atoms with Gasteiger partial charge in [-0.05, 0) is 85.3 Å². The summed E-state index contributed by atoms with van der Waals surface area (Å²) < 4.78 is 13.5. The fraction of sp³-hybridized carbons (Fsp3) is 0.297. The van der Waals surface area contributed by atoms with E-state index >= 15 is 0 Å². The molecule has 0 spiro atoms. The Kier molecular flexibility index (Phi) is 9.51. The molecule has 6 rings (SSSR count). The topological polar surface area (TPSA) is 80.5 Å². The molecule has 0 unspecified atom stereocenters. The van der Waals surface area contributed by atoms with Crippen LogP contribution in [0.25, 0.3) is 21.3 Å². The molecule has 3 heterocycles. The predicted molar refractivity (Wildman–Crippen MR) is 185 cm³/mol. The maximum absolute atomic E-state index is 14.3. The number of thiophene rings is 1. The number of fused-ring (bicyclic) bond motifs is 1. The number of hydrogen-bond acceptors (Lipinski definition) is 4. The minimum Gasteiger partial charge on any atom is -0.361 e. The zero-order valence-corrected chi connectivity index (χ0v) is 27.2. The first-order valence-corrected chi connectivity index (χ1v) is 16.6. The average Bonchev–Trinajstić information content (AvgIpc) is 3.74. The van der Waals surface area contributed by atoms with Gasteiger partial charge in [0.05, 0.1) is 0 Å². The van der Waals surface area contributed by atoms with Crippen molar-refractivity contribution in [2.24, 2.45) is 0 Å². The van der Waals surface area contributed by atoms with Crippen molar-refractivity contribution in [3.63, 3.8) is 0 Å². The molecule has 0 radical (unpaired) electrons. The number of halogens is 1. The first-order valence-electron chi connectivity index (χ1n) is 15.8. The van der Waals surface area contributed by atoms with Crippen molar-refractivity contribution in [3.8, 4) is 10.4 Å². The molecular weight excluding hydrogens is 598 g/mol. The van der Waals surface area contributed by atoms with Crippen LogP contribution in [0.5, 0.6) is 0 Å². The number of para-hydroxylation sites is 1. The number of piperidine rings is 1. The molecule has 2 atom stereocenters. The molecule has 46 heavy (non-hydrogen) atoms. The molecule has 0 aliphatic carbocycles. The summed E-state index contributed by atoms with van der Waals surface area (Å²) in [7, 11) is 4.03. The highest BCUT2D eigenvalue weighted by atomic mass is 32.1. The lowest BCUT2D eigenvalue weighted by atomic mass is 9.89. The summed E-state index contributed by atoms with van der Waals surface area (Å²) in [6.45, 7) is 3.83. The van der Waals surface area contributed by atoms with Crippen LogP contribution in [0.15, 0.2) is 90.4 Å². The van der Waals surface area contributed by atoms with Gasteiger partial charge in [0.15, 0.2) is 0 Å². The van der Waals surface area contributed by atoms with Gasteiger partial charge in [0.1, 0.15) is 11.9 Å². The molecule has 9 heteroatoms. The SMILES string of the molecule is C[C@H](c1c[nH]c2ccccc12)[C@@H](NC(=O)N1CCC(c2ccc(F)cc2)CC1)C(=O)Nc1cc(CN(C)C)ccc1-c1cccs1. The predicted octanol–water partition coefficient (Wildman–Crippen LogP) is 7.80. The number of amides is 3. The fourth-order valence-corrected chi connectivity index (χ4v) is 7.22. The lowest BCUT2D eigenvalue weighted by molar-refractivity contribution is -0.118. The zero-order valence-electron chi connectivity index (χ0n) is 26.4. The molecule has 1 aliphatic rings. The minimum atomic E-state index is -0.838. The summed E-state index contributed by atoms with van der Waals surface area (Å²) >= 11 is 1.62. The van der Waals surface area contributed by atoms with Gasteiger partial charge >= 0.3 is 6.03 Å². The van der Waals surface area contributed by atoms with Crippen LogP contribution in [0.4, 0.5) is 14.9 Å². The quantitative estimate of drug-likeness (QED) is 0.154. The maximum Gasteiger partial charge on any atom is 0.318 e. The Morgan fingerprint density at radius 3 is 2.50 bits per heavy atom. The van der Waals surface area contributed by atoms with Gasteiger partial charge in [0.2, 0.25) is 5.91 Å². The van der Waals surface area contributed by atoms with Crippen molar-refractivity contribution in [3.05, 3.63) is 113 Å².